The minimum absolute atomic E-state index is 0.00131. The van der Waals surface area contributed by atoms with Gasteiger partial charge in [0.15, 0.2) is 0 Å². The molecular formula is C10H18N2O4S. The first kappa shape index (κ1) is 14.1. The van der Waals surface area contributed by atoms with Crippen LogP contribution in [0.1, 0.15) is 13.8 Å². The molecule has 0 fully saturated rings. The molecule has 0 aliphatic rings. The molecule has 0 saturated carbocycles. The molecule has 0 bridgehead atoms. The molecule has 1 N–H and O–H groups in total. The number of rotatable bonds is 6. The SMILES string of the molecule is CC(C)OCC(O)CS(=O)(=O)c1nccn1C. The fraction of sp³-hybridized carbons (Fsp3) is 0.700. The highest BCUT2D eigenvalue weighted by atomic mass is 32.2. The second-order valence-electron chi connectivity index (χ2n) is 4.14. The molecule has 0 aromatic carbocycles. The smallest absolute Gasteiger partial charge is 0.227 e. The molecule has 17 heavy (non-hydrogen) atoms. The van der Waals surface area contributed by atoms with Crippen molar-refractivity contribution < 1.29 is 18.3 Å². The quantitative estimate of drug-likeness (QED) is 0.779. The van der Waals surface area contributed by atoms with Crippen LogP contribution in [0.2, 0.25) is 0 Å². The van der Waals surface area contributed by atoms with E-state index in [1.54, 1.807) is 13.2 Å². The van der Waals surface area contributed by atoms with Gasteiger partial charge in [0.25, 0.3) is 0 Å². The fourth-order valence-corrected chi connectivity index (χ4v) is 2.80. The zero-order valence-electron chi connectivity index (χ0n) is 10.2. The highest BCUT2D eigenvalue weighted by molar-refractivity contribution is 7.91. The third kappa shape index (κ3) is 4.10. The lowest BCUT2D eigenvalue weighted by atomic mass is 10.4. The summed E-state index contributed by atoms with van der Waals surface area (Å²) in [6.45, 7) is 3.64. The van der Waals surface area contributed by atoms with Crippen LogP contribution in [0.15, 0.2) is 17.6 Å². The van der Waals surface area contributed by atoms with Gasteiger partial charge in [-0.2, -0.15) is 0 Å². The van der Waals surface area contributed by atoms with Crippen molar-refractivity contribution in [1.82, 2.24) is 9.55 Å². The molecule has 98 valence electrons. The Morgan fingerprint density at radius 1 is 1.53 bits per heavy atom. The average molecular weight is 262 g/mol. The van der Waals surface area contributed by atoms with Gasteiger partial charge in [-0.3, -0.25) is 0 Å². The van der Waals surface area contributed by atoms with Crippen LogP contribution in [0.3, 0.4) is 0 Å². The number of nitrogens with zero attached hydrogens (tertiary/aromatic N) is 2. The lowest BCUT2D eigenvalue weighted by molar-refractivity contribution is 0.0146. The molecular weight excluding hydrogens is 244 g/mol. The summed E-state index contributed by atoms with van der Waals surface area (Å²) in [6, 6.07) is 0. The monoisotopic (exact) mass is 262 g/mol. The summed E-state index contributed by atoms with van der Waals surface area (Å²) in [6.07, 6.45) is 1.87. The Bertz CT molecular complexity index is 453. The fourth-order valence-electron chi connectivity index (χ4n) is 1.33. The molecule has 0 spiro atoms. The minimum atomic E-state index is -3.57. The van der Waals surface area contributed by atoms with Crippen molar-refractivity contribution in [3.63, 3.8) is 0 Å². The molecule has 0 radical (unpaired) electrons. The van der Waals surface area contributed by atoms with Crippen molar-refractivity contribution in [3.8, 4) is 0 Å². The average Bonchev–Trinajstić information content (AvgIpc) is 2.61. The Morgan fingerprint density at radius 2 is 2.18 bits per heavy atom. The van der Waals surface area contributed by atoms with E-state index in [1.165, 1.54) is 10.8 Å². The Hall–Kier alpha value is -0.920. The van der Waals surface area contributed by atoms with E-state index in [2.05, 4.69) is 4.98 Å². The Morgan fingerprint density at radius 3 is 2.65 bits per heavy atom. The van der Waals surface area contributed by atoms with Crippen molar-refractivity contribution in [2.45, 2.75) is 31.2 Å². The summed E-state index contributed by atoms with van der Waals surface area (Å²) in [7, 11) is -1.98. The van der Waals surface area contributed by atoms with Gasteiger partial charge in [0.2, 0.25) is 15.0 Å². The van der Waals surface area contributed by atoms with Gasteiger partial charge >= 0.3 is 0 Å². The Balaban J connectivity index is 2.65. The van der Waals surface area contributed by atoms with Crippen LogP contribution in [0, 0.1) is 0 Å². The van der Waals surface area contributed by atoms with Crippen LogP contribution in [0.4, 0.5) is 0 Å². The largest absolute Gasteiger partial charge is 0.390 e. The van der Waals surface area contributed by atoms with Crippen LogP contribution >= 0.6 is 0 Å². The van der Waals surface area contributed by atoms with E-state index in [9.17, 15) is 13.5 Å². The van der Waals surface area contributed by atoms with Gasteiger partial charge in [-0.05, 0) is 13.8 Å². The number of aliphatic hydroxyl groups is 1. The summed E-state index contributed by atoms with van der Waals surface area (Å²) in [5.74, 6) is -0.384. The second-order valence-corrected chi connectivity index (χ2v) is 6.07. The highest BCUT2D eigenvalue weighted by Gasteiger charge is 2.23. The standard InChI is InChI=1S/C10H18N2O4S/c1-8(2)16-6-9(13)7-17(14,15)10-11-4-5-12(10)3/h4-5,8-9,13H,6-7H2,1-3H3. The van der Waals surface area contributed by atoms with Crippen LogP contribution in [0.25, 0.3) is 0 Å². The third-order valence-electron chi connectivity index (χ3n) is 2.09. The predicted octanol–water partition coefficient (Wildman–Crippen LogP) is -0.0203. The van der Waals surface area contributed by atoms with Crippen molar-refractivity contribution in [3.05, 3.63) is 12.4 Å². The molecule has 0 aliphatic carbocycles. The maximum absolute atomic E-state index is 11.9. The number of ether oxygens (including phenoxy) is 1. The normalized spacial score (nSPS) is 14.2. The maximum atomic E-state index is 11.9. The number of hydrogen-bond acceptors (Lipinski definition) is 5. The lowest BCUT2D eigenvalue weighted by Gasteiger charge is -2.13. The summed E-state index contributed by atoms with van der Waals surface area (Å²) in [5.41, 5.74) is 0. The van der Waals surface area contributed by atoms with Gasteiger partial charge in [-0.1, -0.05) is 0 Å². The van der Waals surface area contributed by atoms with Crippen LogP contribution in [-0.4, -0.2) is 47.6 Å². The summed E-state index contributed by atoms with van der Waals surface area (Å²) < 4.78 is 30.3. The third-order valence-corrected chi connectivity index (χ3v) is 3.86. The number of imidazole rings is 1. The molecule has 0 aliphatic heterocycles. The van der Waals surface area contributed by atoms with Crippen LogP contribution < -0.4 is 0 Å². The van der Waals surface area contributed by atoms with Crippen molar-refractivity contribution in [1.29, 1.82) is 0 Å². The predicted molar refractivity (Wildman–Crippen MR) is 62.4 cm³/mol. The van der Waals surface area contributed by atoms with E-state index in [0.717, 1.165) is 0 Å². The van der Waals surface area contributed by atoms with Crippen molar-refractivity contribution in [2.24, 2.45) is 7.05 Å². The summed E-state index contributed by atoms with van der Waals surface area (Å²) >= 11 is 0. The van der Waals surface area contributed by atoms with Crippen LogP contribution in [0.5, 0.6) is 0 Å². The molecule has 7 heteroatoms. The number of sulfone groups is 1. The maximum Gasteiger partial charge on any atom is 0.227 e. The minimum Gasteiger partial charge on any atom is -0.390 e. The van der Waals surface area contributed by atoms with E-state index < -0.39 is 15.9 Å². The lowest BCUT2D eigenvalue weighted by Crippen LogP contribution is -2.28. The van der Waals surface area contributed by atoms with E-state index in [4.69, 9.17) is 4.74 Å². The molecule has 1 atom stereocenters. The van der Waals surface area contributed by atoms with Crippen molar-refractivity contribution >= 4 is 9.84 Å². The number of aliphatic hydroxyl groups excluding tert-OH is 1. The van der Waals surface area contributed by atoms with E-state index in [1.807, 2.05) is 13.8 Å². The molecule has 0 amide bonds. The molecule has 1 rings (SSSR count). The first-order valence-electron chi connectivity index (χ1n) is 5.32. The zero-order chi connectivity index (χ0) is 13.1. The van der Waals surface area contributed by atoms with E-state index >= 15 is 0 Å². The van der Waals surface area contributed by atoms with Gasteiger partial charge in [0, 0.05) is 19.4 Å². The molecule has 1 unspecified atom stereocenters. The Labute approximate surface area is 101 Å². The molecule has 6 nitrogen and oxygen atoms in total. The molecule has 1 aromatic heterocycles. The van der Waals surface area contributed by atoms with Gasteiger partial charge in [-0.25, -0.2) is 13.4 Å². The van der Waals surface area contributed by atoms with Gasteiger partial charge in [0.1, 0.15) is 0 Å². The van der Waals surface area contributed by atoms with Crippen molar-refractivity contribution in [2.75, 3.05) is 12.4 Å². The topological polar surface area (TPSA) is 81.4 Å². The number of aryl methyl sites for hydroxylation is 1. The van der Waals surface area contributed by atoms with Gasteiger partial charge in [-0.15, -0.1) is 0 Å². The van der Waals surface area contributed by atoms with Gasteiger partial charge < -0.3 is 14.4 Å². The van der Waals surface area contributed by atoms with E-state index in [0.29, 0.717) is 0 Å². The summed E-state index contributed by atoms with van der Waals surface area (Å²) in [5, 5.41) is 9.54. The first-order chi connectivity index (χ1) is 7.83. The zero-order valence-corrected chi connectivity index (χ0v) is 11.0. The molecule has 0 saturated heterocycles. The number of hydrogen-bond donors (Lipinski definition) is 1. The van der Waals surface area contributed by atoms with E-state index in [-0.39, 0.29) is 23.6 Å². The second kappa shape index (κ2) is 5.61. The summed E-state index contributed by atoms with van der Waals surface area (Å²) in [4.78, 5) is 3.76. The molecule has 1 aromatic rings. The first-order valence-corrected chi connectivity index (χ1v) is 6.98. The van der Waals surface area contributed by atoms with Gasteiger partial charge in [0.05, 0.1) is 24.6 Å². The Kier molecular flexibility index (Phi) is 4.67. The van der Waals surface area contributed by atoms with Crippen LogP contribution in [-0.2, 0) is 21.6 Å². The number of aromatic nitrogens is 2. The molecule has 1 heterocycles. The highest BCUT2D eigenvalue weighted by Crippen LogP contribution is 2.09.